The SMILES string of the molecule is CC(C)(CN)CCCSc1cc2ccccc2[nH]1. The third-order valence-corrected chi connectivity index (χ3v) is 4.34. The van der Waals surface area contributed by atoms with Gasteiger partial charge >= 0.3 is 0 Å². The van der Waals surface area contributed by atoms with Crippen LogP contribution in [-0.2, 0) is 0 Å². The van der Waals surface area contributed by atoms with Gasteiger partial charge in [-0.3, -0.25) is 0 Å². The number of thioether (sulfide) groups is 1. The van der Waals surface area contributed by atoms with Crippen molar-refractivity contribution in [3.8, 4) is 0 Å². The molecular weight excluding hydrogens is 240 g/mol. The van der Waals surface area contributed by atoms with Gasteiger partial charge in [-0.1, -0.05) is 32.0 Å². The number of benzene rings is 1. The van der Waals surface area contributed by atoms with Crippen molar-refractivity contribution in [3.05, 3.63) is 30.3 Å². The zero-order valence-corrected chi connectivity index (χ0v) is 12.0. The molecule has 2 aromatic rings. The average Bonchev–Trinajstić information content (AvgIpc) is 2.77. The maximum atomic E-state index is 5.74. The molecule has 2 nitrogen and oxygen atoms in total. The fraction of sp³-hybridized carbons (Fsp3) is 0.467. The van der Waals surface area contributed by atoms with Gasteiger partial charge in [-0.25, -0.2) is 0 Å². The van der Waals surface area contributed by atoms with Crippen LogP contribution in [0.5, 0.6) is 0 Å². The van der Waals surface area contributed by atoms with E-state index in [0.717, 1.165) is 12.3 Å². The summed E-state index contributed by atoms with van der Waals surface area (Å²) in [5.41, 5.74) is 7.24. The molecule has 0 atom stereocenters. The van der Waals surface area contributed by atoms with Gasteiger partial charge in [0.25, 0.3) is 0 Å². The first kappa shape index (κ1) is 13.5. The van der Waals surface area contributed by atoms with Gasteiger partial charge in [-0.05, 0) is 42.7 Å². The summed E-state index contributed by atoms with van der Waals surface area (Å²) in [7, 11) is 0. The van der Waals surface area contributed by atoms with Gasteiger partial charge in [-0.2, -0.15) is 0 Å². The summed E-state index contributed by atoms with van der Waals surface area (Å²) in [5, 5.41) is 2.56. The Morgan fingerprint density at radius 1 is 1.28 bits per heavy atom. The molecule has 98 valence electrons. The van der Waals surface area contributed by atoms with Gasteiger partial charge in [0.05, 0.1) is 5.03 Å². The molecule has 3 N–H and O–H groups in total. The molecule has 0 fully saturated rings. The molecule has 0 radical (unpaired) electrons. The Kier molecular flexibility index (Phi) is 4.36. The van der Waals surface area contributed by atoms with Crippen LogP contribution in [0.25, 0.3) is 10.9 Å². The molecule has 0 saturated heterocycles. The van der Waals surface area contributed by atoms with Crippen molar-refractivity contribution < 1.29 is 0 Å². The Labute approximate surface area is 113 Å². The Hall–Kier alpha value is -0.930. The highest BCUT2D eigenvalue weighted by molar-refractivity contribution is 7.99. The lowest BCUT2D eigenvalue weighted by molar-refractivity contribution is 0.345. The molecule has 0 bridgehead atoms. The van der Waals surface area contributed by atoms with E-state index in [1.165, 1.54) is 28.8 Å². The molecule has 0 aliphatic rings. The number of H-pyrrole nitrogens is 1. The standard InChI is InChI=1S/C15H22N2S/c1-15(2,11-16)8-5-9-18-14-10-12-6-3-4-7-13(12)17-14/h3-4,6-7,10,17H,5,8-9,11,16H2,1-2H3. The van der Waals surface area contributed by atoms with Gasteiger partial charge < -0.3 is 10.7 Å². The van der Waals surface area contributed by atoms with E-state index in [9.17, 15) is 0 Å². The molecule has 0 amide bonds. The fourth-order valence-electron chi connectivity index (χ4n) is 1.96. The topological polar surface area (TPSA) is 41.8 Å². The number of nitrogens with one attached hydrogen (secondary N) is 1. The number of nitrogens with two attached hydrogens (primary N) is 1. The summed E-state index contributed by atoms with van der Waals surface area (Å²) >= 11 is 1.90. The maximum Gasteiger partial charge on any atom is 0.0732 e. The first-order chi connectivity index (χ1) is 8.61. The minimum absolute atomic E-state index is 0.279. The molecule has 0 saturated carbocycles. The lowest BCUT2D eigenvalue weighted by Crippen LogP contribution is -2.23. The number of hydrogen-bond acceptors (Lipinski definition) is 2. The van der Waals surface area contributed by atoms with Crippen LogP contribution in [0, 0.1) is 5.41 Å². The first-order valence-corrected chi connectivity index (χ1v) is 7.50. The highest BCUT2D eigenvalue weighted by atomic mass is 32.2. The summed E-state index contributed by atoms with van der Waals surface area (Å²) < 4.78 is 0. The van der Waals surface area contributed by atoms with E-state index in [-0.39, 0.29) is 5.41 Å². The van der Waals surface area contributed by atoms with E-state index in [2.05, 4.69) is 49.2 Å². The van der Waals surface area contributed by atoms with Crippen molar-refractivity contribution in [2.45, 2.75) is 31.7 Å². The van der Waals surface area contributed by atoms with Gasteiger partial charge in [0, 0.05) is 10.9 Å². The Balaban J connectivity index is 1.83. The first-order valence-electron chi connectivity index (χ1n) is 6.51. The molecular formula is C15H22N2S. The maximum absolute atomic E-state index is 5.74. The van der Waals surface area contributed by atoms with E-state index >= 15 is 0 Å². The van der Waals surface area contributed by atoms with Crippen molar-refractivity contribution in [2.75, 3.05) is 12.3 Å². The minimum Gasteiger partial charge on any atom is -0.350 e. The monoisotopic (exact) mass is 262 g/mol. The summed E-state index contributed by atoms with van der Waals surface area (Å²) in [6.07, 6.45) is 2.40. The van der Waals surface area contributed by atoms with Crippen molar-refractivity contribution in [3.63, 3.8) is 0 Å². The van der Waals surface area contributed by atoms with E-state index in [1.54, 1.807) is 0 Å². The number of aromatic nitrogens is 1. The van der Waals surface area contributed by atoms with Crippen LogP contribution >= 0.6 is 11.8 Å². The summed E-state index contributed by atoms with van der Waals surface area (Å²) in [4.78, 5) is 3.45. The van der Waals surface area contributed by atoms with Gasteiger partial charge in [0.15, 0.2) is 0 Å². The van der Waals surface area contributed by atoms with Crippen LogP contribution in [0.4, 0.5) is 0 Å². The zero-order chi connectivity index (χ0) is 13.0. The molecule has 0 aliphatic carbocycles. The number of fused-ring (bicyclic) bond motifs is 1. The predicted molar refractivity (Wildman–Crippen MR) is 81.1 cm³/mol. The van der Waals surface area contributed by atoms with Crippen LogP contribution in [0.2, 0.25) is 0 Å². The molecule has 0 unspecified atom stereocenters. The van der Waals surface area contributed by atoms with Gasteiger partial charge in [0.2, 0.25) is 0 Å². The molecule has 2 rings (SSSR count). The van der Waals surface area contributed by atoms with Crippen LogP contribution in [0.3, 0.4) is 0 Å². The molecule has 18 heavy (non-hydrogen) atoms. The lowest BCUT2D eigenvalue weighted by Gasteiger charge is -2.21. The smallest absolute Gasteiger partial charge is 0.0732 e. The van der Waals surface area contributed by atoms with Crippen LogP contribution in [-0.4, -0.2) is 17.3 Å². The largest absolute Gasteiger partial charge is 0.350 e. The van der Waals surface area contributed by atoms with E-state index in [1.807, 2.05) is 11.8 Å². The fourth-order valence-corrected chi connectivity index (χ4v) is 2.86. The third-order valence-electron chi connectivity index (χ3n) is 3.31. The Morgan fingerprint density at radius 2 is 2.06 bits per heavy atom. The van der Waals surface area contributed by atoms with Crippen LogP contribution in [0.1, 0.15) is 26.7 Å². The molecule has 3 heteroatoms. The summed E-state index contributed by atoms with van der Waals surface area (Å²) in [6.45, 7) is 5.24. The number of aromatic amines is 1. The third kappa shape index (κ3) is 3.53. The number of rotatable bonds is 6. The van der Waals surface area contributed by atoms with E-state index in [0.29, 0.717) is 0 Å². The second-order valence-corrected chi connectivity index (χ2v) is 6.68. The highest BCUT2D eigenvalue weighted by Gasteiger charge is 2.14. The predicted octanol–water partition coefficient (Wildman–Crippen LogP) is 4.03. The summed E-state index contributed by atoms with van der Waals surface area (Å²) in [5.74, 6) is 1.15. The van der Waals surface area contributed by atoms with Crippen molar-refractivity contribution in [1.29, 1.82) is 0 Å². The molecule has 0 aliphatic heterocycles. The normalized spacial score (nSPS) is 12.2. The Bertz CT molecular complexity index is 469. The zero-order valence-electron chi connectivity index (χ0n) is 11.2. The quantitative estimate of drug-likeness (QED) is 0.610. The summed E-state index contributed by atoms with van der Waals surface area (Å²) in [6, 6.07) is 10.6. The second kappa shape index (κ2) is 5.81. The minimum atomic E-state index is 0.279. The number of para-hydroxylation sites is 1. The van der Waals surface area contributed by atoms with Crippen molar-refractivity contribution in [1.82, 2.24) is 4.98 Å². The molecule has 1 heterocycles. The van der Waals surface area contributed by atoms with Crippen molar-refractivity contribution >= 4 is 22.7 Å². The van der Waals surface area contributed by atoms with Gasteiger partial charge in [-0.15, -0.1) is 11.8 Å². The van der Waals surface area contributed by atoms with E-state index in [4.69, 9.17) is 5.73 Å². The number of hydrogen-bond donors (Lipinski definition) is 2. The molecule has 0 spiro atoms. The molecule has 1 aromatic heterocycles. The van der Waals surface area contributed by atoms with Crippen LogP contribution in [0.15, 0.2) is 35.4 Å². The van der Waals surface area contributed by atoms with Gasteiger partial charge in [0.1, 0.15) is 0 Å². The average molecular weight is 262 g/mol. The second-order valence-electron chi connectivity index (χ2n) is 5.54. The highest BCUT2D eigenvalue weighted by Crippen LogP contribution is 2.26. The lowest BCUT2D eigenvalue weighted by atomic mass is 9.88. The van der Waals surface area contributed by atoms with Crippen molar-refractivity contribution in [2.24, 2.45) is 11.1 Å². The van der Waals surface area contributed by atoms with E-state index < -0.39 is 0 Å². The van der Waals surface area contributed by atoms with Crippen LogP contribution < -0.4 is 5.73 Å². The Morgan fingerprint density at radius 3 is 2.78 bits per heavy atom. The molecule has 1 aromatic carbocycles.